The van der Waals surface area contributed by atoms with Crippen molar-refractivity contribution in [2.24, 2.45) is 5.92 Å². The van der Waals surface area contributed by atoms with E-state index in [1.165, 1.54) is 6.20 Å². The Labute approximate surface area is 108 Å². The van der Waals surface area contributed by atoms with E-state index in [1.807, 2.05) is 0 Å². The molecule has 5 heteroatoms. The molecule has 5 nitrogen and oxygen atoms in total. The Balaban J connectivity index is 2.25. The van der Waals surface area contributed by atoms with Gasteiger partial charge in [-0.3, -0.25) is 4.68 Å². The van der Waals surface area contributed by atoms with E-state index in [2.05, 4.69) is 18.9 Å². The summed E-state index contributed by atoms with van der Waals surface area (Å²) in [6.45, 7) is 8.52. The second kappa shape index (κ2) is 7.87. The molecule has 1 aromatic rings. The van der Waals surface area contributed by atoms with Gasteiger partial charge in [-0.2, -0.15) is 5.10 Å². The van der Waals surface area contributed by atoms with Crippen molar-refractivity contribution in [1.82, 2.24) is 9.78 Å². The van der Waals surface area contributed by atoms with Gasteiger partial charge in [0.15, 0.2) is 0 Å². The van der Waals surface area contributed by atoms with Crippen molar-refractivity contribution >= 4 is 5.97 Å². The van der Waals surface area contributed by atoms with E-state index >= 15 is 0 Å². The van der Waals surface area contributed by atoms with Gasteiger partial charge in [0, 0.05) is 12.8 Å². The minimum Gasteiger partial charge on any atom is -0.462 e. The van der Waals surface area contributed by atoms with Gasteiger partial charge in [0.05, 0.1) is 31.5 Å². The Morgan fingerprint density at radius 3 is 2.89 bits per heavy atom. The van der Waals surface area contributed by atoms with Crippen LogP contribution in [0, 0.1) is 5.92 Å². The molecule has 0 atom stereocenters. The van der Waals surface area contributed by atoms with Crippen LogP contribution >= 0.6 is 0 Å². The summed E-state index contributed by atoms with van der Waals surface area (Å²) in [6, 6.07) is 0. The van der Waals surface area contributed by atoms with E-state index in [9.17, 15) is 4.79 Å². The molecule has 1 rings (SSSR count). The fourth-order valence-corrected chi connectivity index (χ4v) is 1.38. The summed E-state index contributed by atoms with van der Waals surface area (Å²) in [4.78, 5) is 11.4. The summed E-state index contributed by atoms with van der Waals surface area (Å²) in [5, 5.41) is 4.09. The largest absolute Gasteiger partial charge is 0.462 e. The van der Waals surface area contributed by atoms with Gasteiger partial charge in [0.25, 0.3) is 0 Å². The number of carbonyl (C=O) groups is 1. The zero-order valence-electron chi connectivity index (χ0n) is 11.4. The Kier molecular flexibility index (Phi) is 6.43. The van der Waals surface area contributed by atoms with E-state index in [-0.39, 0.29) is 5.97 Å². The predicted octanol–water partition coefficient (Wildman–Crippen LogP) is 2.12. The highest BCUT2D eigenvalue weighted by molar-refractivity contribution is 5.88. The molecule has 0 fully saturated rings. The number of hydrogen-bond acceptors (Lipinski definition) is 4. The molecule has 0 bridgehead atoms. The third kappa shape index (κ3) is 5.31. The molecule has 0 saturated carbocycles. The Morgan fingerprint density at radius 2 is 2.22 bits per heavy atom. The third-order valence-corrected chi connectivity index (χ3v) is 2.45. The van der Waals surface area contributed by atoms with Crippen LogP contribution in [0.5, 0.6) is 0 Å². The lowest BCUT2D eigenvalue weighted by Gasteiger charge is -2.06. The van der Waals surface area contributed by atoms with Gasteiger partial charge in [-0.25, -0.2) is 4.79 Å². The maximum Gasteiger partial charge on any atom is 0.341 e. The van der Waals surface area contributed by atoms with Gasteiger partial charge in [0.1, 0.15) is 0 Å². The molecule has 0 aromatic carbocycles. The van der Waals surface area contributed by atoms with Crippen LogP contribution in [0.2, 0.25) is 0 Å². The normalized spacial score (nSPS) is 10.9. The lowest BCUT2D eigenvalue weighted by atomic mass is 10.1. The first-order valence-electron chi connectivity index (χ1n) is 6.40. The highest BCUT2D eigenvalue weighted by Crippen LogP contribution is 2.01. The summed E-state index contributed by atoms with van der Waals surface area (Å²) < 4.78 is 12.1. The Bertz CT molecular complexity index is 361. The monoisotopic (exact) mass is 254 g/mol. The third-order valence-electron chi connectivity index (χ3n) is 2.45. The minimum atomic E-state index is -0.329. The summed E-state index contributed by atoms with van der Waals surface area (Å²) in [7, 11) is 0. The molecular weight excluding hydrogens is 232 g/mol. The van der Waals surface area contributed by atoms with Crippen LogP contribution in [0.3, 0.4) is 0 Å². The average Bonchev–Trinajstić information content (AvgIpc) is 2.77. The van der Waals surface area contributed by atoms with Crippen molar-refractivity contribution in [2.75, 3.05) is 19.8 Å². The molecule has 0 aliphatic heterocycles. The molecular formula is C13H22N2O3. The molecule has 0 aliphatic carbocycles. The first kappa shape index (κ1) is 14.7. The second-order valence-corrected chi connectivity index (χ2v) is 4.51. The SMILES string of the molecule is CCOC(=O)c1cnn(CCOCCC(C)C)c1. The molecule has 1 aromatic heterocycles. The van der Waals surface area contributed by atoms with E-state index < -0.39 is 0 Å². The van der Waals surface area contributed by atoms with Crippen LogP contribution in [-0.2, 0) is 16.0 Å². The molecule has 0 spiro atoms. The summed E-state index contributed by atoms with van der Waals surface area (Å²) in [6.07, 6.45) is 4.27. The quantitative estimate of drug-likeness (QED) is 0.526. The fraction of sp³-hybridized carbons (Fsp3) is 0.692. The van der Waals surface area contributed by atoms with Gasteiger partial charge >= 0.3 is 5.97 Å². The van der Waals surface area contributed by atoms with Crippen LogP contribution in [0.15, 0.2) is 12.4 Å². The fourth-order valence-electron chi connectivity index (χ4n) is 1.38. The number of carbonyl (C=O) groups excluding carboxylic acids is 1. The average molecular weight is 254 g/mol. The van der Waals surface area contributed by atoms with E-state index in [0.717, 1.165) is 13.0 Å². The van der Waals surface area contributed by atoms with Crippen molar-refractivity contribution in [1.29, 1.82) is 0 Å². The standard InChI is InChI=1S/C13H22N2O3/c1-4-18-13(16)12-9-14-15(10-12)6-8-17-7-5-11(2)3/h9-11H,4-8H2,1-3H3. The molecule has 102 valence electrons. The van der Waals surface area contributed by atoms with E-state index in [0.29, 0.717) is 31.2 Å². The topological polar surface area (TPSA) is 53.3 Å². The highest BCUT2D eigenvalue weighted by atomic mass is 16.5. The van der Waals surface area contributed by atoms with Crippen molar-refractivity contribution in [3.05, 3.63) is 18.0 Å². The van der Waals surface area contributed by atoms with E-state index in [1.54, 1.807) is 17.8 Å². The Morgan fingerprint density at radius 1 is 1.44 bits per heavy atom. The summed E-state index contributed by atoms with van der Waals surface area (Å²) >= 11 is 0. The number of ether oxygens (including phenoxy) is 2. The van der Waals surface area contributed by atoms with Gasteiger partial charge < -0.3 is 9.47 Å². The molecule has 0 saturated heterocycles. The van der Waals surface area contributed by atoms with Crippen LogP contribution in [0.25, 0.3) is 0 Å². The van der Waals surface area contributed by atoms with Crippen LogP contribution in [0.1, 0.15) is 37.6 Å². The predicted molar refractivity (Wildman–Crippen MR) is 68.5 cm³/mol. The lowest BCUT2D eigenvalue weighted by molar-refractivity contribution is 0.0526. The number of hydrogen-bond donors (Lipinski definition) is 0. The maximum atomic E-state index is 11.4. The minimum absolute atomic E-state index is 0.329. The van der Waals surface area contributed by atoms with Crippen molar-refractivity contribution in [3.8, 4) is 0 Å². The van der Waals surface area contributed by atoms with Gasteiger partial charge in [0.2, 0.25) is 0 Å². The number of esters is 1. The molecule has 18 heavy (non-hydrogen) atoms. The molecule has 0 N–H and O–H groups in total. The first-order valence-corrected chi connectivity index (χ1v) is 6.40. The summed E-state index contributed by atoms with van der Waals surface area (Å²) in [5.74, 6) is 0.328. The van der Waals surface area contributed by atoms with Crippen LogP contribution < -0.4 is 0 Å². The van der Waals surface area contributed by atoms with Crippen LogP contribution in [-0.4, -0.2) is 35.6 Å². The van der Waals surface area contributed by atoms with Crippen LogP contribution in [0.4, 0.5) is 0 Å². The first-order chi connectivity index (χ1) is 8.63. The Hall–Kier alpha value is -1.36. The molecule has 0 radical (unpaired) electrons. The molecule has 0 amide bonds. The number of nitrogens with zero attached hydrogens (tertiary/aromatic N) is 2. The second-order valence-electron chi connectivity index (χ2n) is 4.51. The number of rotatable bonds is 8. The molecule has 0 unspecified atom stereocenters. The van der Waals surface area contributed by atoms with E-state index in [4.69, 9.17) is 9.47 Å². The number of aromatic nitrogens is 2. The highest BCUT2D eigenvalue weighted by Gasteiger charge is 2.08. The van der Waals surface area contributed by atoms with Crippen molar-refractivity contribution < 1.29 is 14.3 Å². The lowest BCUT2D eigenvalue weighted by Crippen LogP contribution is -2.08. The molecule has 0 aliphatic rings. The zero-order chi connectivity index (χ0) is 13.4. The summed E-state index contributed by atoms with van der Waals surface area (Å²) in [5.41, 5.74) is 0.485. The van der Waals surface area contributed by atoms with Crippen molar-refractivity contribution in [3.63, 3.8) is 0 Å². The van der Waals surface area contributed by atoms with Gasteiger partial charge in [-0.1, -0.05) is 13.8 Å². The van der Waals surface area contributed by atoms with Gasteiger partial charge in [-0.15, -0.1) is 0 Å². The smallest absolute Gasteiger partial charge is 0.341 e. The van der Waals surface area contributed by atoms with Gasteiger partial charge in [-0.05, 0) is 19.3 Å². The molecule has 1 heterocycles. The maximum absolute atomic E-state index is 11.4. The van der Waals surface area contributed by atoms with Crippen molar-refractivity contribution in [2.45, 2.75) is 33.7 Å². The zero-order valence-corrected chi connectivity index (χ0v) is 11.4.